The molecule has 2 fully saturated rings. The van der Waals surface area contributed by atoms with Crippen molar-refractivity contribution in [1.29, 1.82) is 0 Å². The summed E-state index contributed by atoms with van der Waals surface area (Å²) in [5.41, 5.74) is 1.23. The van der Waals surface area contributed by atoms with E-state index in [1.807, 2.05) is 18.5 Å². The van der Waals surface area contributed by atoms with Crippen LogP contribution in [0, 0.1) is 5.92 Å². The second kappa shape index (κ2) is 9.42. The monoisotopic (exact) mass is 370 g/mol. The first-order chi connectivity index (χ1) is 13.4. The van der Waals surface area contributed by atoms with E-state index in [4.69, 9.17) is 9.26 Å². The Morgan fingerprint density at radius 1 is 1.15 bits per heavy atom. The summed E-state index contributed by atoms with van der Waals surface area (Å²) in [5.74, 6) is 2.28. The third-order valence-electron chi connectivity index (χ3n) is 5.79. The lowest BCUT2D eigenvalue weighted by atomic mass is 10.0. The molecular formula is C21H30N4O2. The highest BCUT2D eigenvalue weighted by Gasteiger charge is 2.28. The van der Waals surface area contributed by atoms with Gasteiger partial charge in [0, 0.05) is 32.0 Å². The van der Waals surface area contributed by atoms with E-state index >= 15 is 0 Å². The maximum atomic E-state index is 5.84. The number of aromatic nitrogens is 3. The van der Waals surface area contributed by atoms with E-state index in [0.717, 1.165) is 50.2 Å². The van der Waals surface area contributed by atoms with Gasteiger partial charge >= 0.3 is 0 Å². The van der Waals surface area contributed by atoms with Crippen LogP contribution in [0.5, 0.6) is 0 Å². The highest BCUT2D eigenvalue weighted by Crippen LogP contribution is 2.31. The van der Waals surface area contributed by atoms with Crippen LogP contribution in [-0.2, 0) is 17.7 Å². The summed E-state index contributed by atoms with van der Waals surface area (Å²) in [7, 11) is 0. The minimum absolute atomic E-state index is 0.208. The molecule has 3 heterocycles. The van der Waals surface area contributed by atoms with E-state index in [-0.39, 0.29) is 6.04 Å². The molecule has 1 atom stereocenters. The van der Waals surface area contributed by atoms with E-state index < -0.39 is 0 Å². The predicted molar refractivity (Wildman–Crippen MR) is 102 cm³/mol. The van der Waals surface area contributed by atoms with Crippen molar-refractivity contribution in [2.75, 3.05) is 19.8 Å². The van der Waals surface area contributed by atoms with Gasteiger partial charge in [-0.25, -0.2) is 0 Å². The van der Waals surface area contributed by atoms with Crippen molar-refractivity contribution in [2.45, 2.75) is 64.0 Å². The van der Waals surface area contributed by atoms with Gasteiger partial charge < -0.3 is 9.26 Å². The molecule has 6 nitrogen and oxygen atoms in total. The van der Waals surface area contributed by atoms with Crippen LogP contribution in [0.3, 0.4) is 0 Å². The predicted octanol–water partition coefficient (Wildman–Crippen LogP) is 3.94. The Labute approximate surface area is 161 Å². The molecule has 1 aliphatic heterocycles. The van der Waals surface area contributed by atoms with Crippen molar-refractivity contribution in [3.8, 4) is 0 Å². The molecule has 4 rings (SSSR count). The molecule has 0 spiro atoms. The summed E-state index contributed by atoms with van der Waals surface area (Å²) in [6.07, 6.45) is 13.3. The maximum Gasteiger partial charge on any atom is 0.244 e. The van der Waals surface area contributed by atoms with Crippen LogP contribution in [-0.4, -0.2) is 39.8 Å². The molecule has 0 radical (unpaired) electrons. The Morgan fingerprint density at radius 3 is 2.89 bits per heavy atom. The molecule has 1 saturated carbocycles. The van der Waals surface area contributed by atoms with E-state index in [9.17, 15) is 0 Å². The molecule has 6 heteroatoms. The van der Waals surface area contributed by atoms with Crippen LogP contribution in [0.4, 0.5) is 0 Å². The van der Waals surface area contributed by atoms with E-state index in [2.05, 4.69) is 26.1 Å². The largest absolute Gasteiger partial charge is 0.381 e. The van der Waals surface area contributed by atoms with Crippen molar-refractivity contribution < 1.29 is 9.26 Å². The topological polar surface area (TPSA) is 64.3 Å². The van der Waals surface area contributed by atoms with Gasteiger partial charge in [0.25, 0.3) is 0 Å². The lowest BCUT2D eigenvalue weighted by molar-refractivity contribution is 0.102. The molecule has 0 bridgehead atoms. The van der Waals surface area contributed by atoms with Crippen LogP contribution >= 0.6 is 0 Å². The zero-order chi connectivity index (χ0) is 18.3. The molecule has 2 aliphatic rings. The Hall–Kier alpha value is -1.79. The Balaban J connectivity index is 1.30. The quantitative estimate of drug-likeness (QED) is 0.656. The summed E-state index contributed by atoms with van der Waals surface area (Å²) in [6.45, 7) is 3.49. The van der Waals surface area contributed by atoms with Gasteiger partial charge in [0.2, 0.25) is 5.89 Å². The summed E-state index contributed by atoms with van der Waals surface area (Å²) < 4.78 is 11.5. The highest BCUT2D eigenvalue weighted by molar-refractivity contribution is 5.09. The fourth-order valence-corrected chi connectivity index (χ4v) is 4.28. The van der Waals surface area contributed by atoms with Gasteiger partial charge in [-0.05, 0) is 49.8 Å². The maximum absolute atomic E-state index is 5.84. The minimum Gasteiger partial charge on any atom is -0.381 e. The van der Waals surface area contributed by atoms with Crippen LogP contribution in [0.1, 0.15) is 68.3 Å². The molecule has 1 aliphatic carbocycles. The Bertz CT molecular complexity index is 684. The lowest BCUT2D eigenvalue weighted by Crippen LogP contribution is -2.33. The number of hydrogen-bond acceptors (Lipinski definition) is 6. The second-order valence-corrected chi connectivity index (χ2v) is 7.87. The summed E-state index contributed by atoms with van der Waals surface area (Å²) in [6, 6.07) is 4.32. The summed E-state index contributed by atoms with van der Waals surface area (Å²) in [4.78, 5) is 11.3. The molecule has 0 amide bonds. The molecule has 2 aromatic rings. The first-order valence-electron chi connectivity index (χ1n) is 10.4. The normalized spacial score (nSPS) is 21.7. The average Bonchev–Trinajstić information content (AvgIpc) is 3.39. The van der Waals surface area contributed by atoms with Gasteiger partial charge in [-0.2, -0.15) is 4.98 Å². The summed E-state index contributed by atoms with van der Waals surface area (Å²) >= 11 is 0. The Kier molecular flexibility index (Phi) is 6.48. The average molecular weight is 370 g/mol. The number of piperidine rings is 1. The number of nitrogens with zero attached hydrogens (tertiary/aromatic N) is 4. The van der Waals surface area contributed by atoms with Crippen LogP contribution < -0.4 is 0 Å². The molecule has 0 N–H and O–H groups in total. The van der Waals surface area contributed by atoms with Gasteiger partial charge in [-0.3, -0.25) is 9.88 Å². The lowest BCUT2D eigenvalue weighted by Gasteiger charge is -2.33. The van der Waals surface area contributed by atoms with Crippen molar-refractivity contribution in [1.82, 2.24) is 20.0 Å². The van der Waals surface area contributed by atoms with Gasteiger partial charge in [0.05, 0.1) is 12.6 Å². The zero-order valence-electron chi connectivity index (χ0n) is 16.1. The molecule has 146 valence electrons. The highest BCUT2D eigenvalue weighted by atomic mass is 16.5. The van der Waals surface area contributed by atoms with Gasteiger partial charge in [0.1, 0.15) is 0 Å². The third-order valence-corrected chi connectivity index (χ3v) is 5.79. The number of ether oxygens (including phenoxy) is 1. The smallest absolute Gasteiger partial charge is 0.244 e. The van der Waals surface area contributed by atoms with Crippen molar-refractivity contribution in [3.05, 3.63) is 41.8 Å². The molecular weight excluding hydrogens is 340 g/mol. The minimum atomic E-state index is 0.208. The number of rotatable bonds is 8. The van der Waals surface area contributed by atoms with Gasteiger partial charge in [0.15, 0.2) is 5.82 Å². The fourth-order valence-electron chi connectivity index (χ4n) is 4.28. The van der Waals surface area contributed by atoms with Crippen LogP contribution in [0.25, 0.3) is 0 Å². The number of likely N-dealkylation sites (tertiary alicyclic amines) is 1. The third kappa shape index (κ3) is 5.14. The Morgan fingerprint density at radius 2 is 2.04 bits per heavy atom. The van der Waals surface area contributed by atoms with Crippen molar-refractivity contribution in [3.63, 3.8) is 0 Å². The van der Waals surface area contributed by atoms with Crippen molar-refractivity contribution in [2.24, 2.45) is 5.92 Å². The molecule has 2 aromatic heterocycles. The van der Waals surface area contributed by atoms with E-state index in [1.54, 1.807) is 0 Å². The first kappa shape index (κ1) is 18.6. The SMILES string of the molecule is c1cncc(CN2CCCCC2c2nc(CCOCC3CCCC3)no2)c1. The first-order valence-corrected chi connectivity index (χ1v) is 10.4. The molecule has 1 unspecified atom stereocenters. The van der Waals surface area contributed by atoms with E-state index in [1.165, 1.54) is 44.1 Å². The van der Waals surface area contributed by atoms with Crippen LogP contribution in [0.2, 0.25) is 0 Å². The second-order valence-electron chi connectivity index (χ2n) is 7.87. The summed E-state index contributed by atoms with van der Waals surface area (Å²) in [5, 5.41) is 4.20. The number of hydrogen-bond donors (Lipinski definition) is 0. The number of pyridine rings is 1. The van der Waals surface area contributed by atoms with E-state index in [0.29, 0.717) is 6.61 Å². The molecule has 27 heavy (non-hydrogen) atoms. The fraction of sp³-hybridized carbons (Fsp3) is 0.667. The molecule has 0 aromatic carbocycles. The standard InChI is InChI=1S/C21H30N4O2/c1-2-7-17(6-1)16-26-13-10-20-23-21(27-24-20)19-9-3-4-12-25(19)15-18-8-5-11-22-14-18/h5,8,11,14,17,19H,1-4,6-7,9-10,12-13,15-16H2. The van der Waals surface area contributed by atoms with Gasteiger partial charge in [-0.15, -0.1) is 0 Å². The van der Waals surface area contributed by atoms with Crippen molar-refractivity contribution >= 4 is 0 Å². The van der Waals surface area contributed by atoms with Crippen LogP contribution in [0.15, 0.2) is 29.0 Å². The molecule has 1 saturated heterocycles. The zero-order valence-corrected chi connectivity index (χ0v) is 16.1. The van der Waals surface area contributed by atoms with Gasteiger partial charge in [-0.1, -0.05) is 30.5 Å².